The van der Waals surface area contributed by atoms with Crippen LogP contribution in [0.2, 0.25) is 0 Å². The van der Waals surface area contributed by atoms with E-state index in [1.54, 1.807) is 36.5 Å². The average Bonchev–Trinajstić information content (AvgIpc) is 4.19. The van der Waals surface area contributed by atoms with E-state index in [0.717, 1.165) is 46.5 Å². The number of nitrogens with one attached hydrogen (secondary N) is 3. The number of thiazole rings is 1. The summed E-state index contributed by atoms with van der Waals surface area (Å²) < 4.78 is 6.45. The van der Waals surface area contributed by atoms with Crippen LogP contribution in [-0.4, -0.2) is 110 Å². The molecule has 358 valence electrons. The fourth-order valence-electron chi connectivity index (χ4n) is 9.94. The number of carbonyl (C=O) groups is 6. The number of carbonyl (C=O) groups excluding carboxylic acids is 6. The van der Waals surface area contributed by atoms with Gasteiger partial charge in [0.1, 0.15) is 36.0 Å². The topological polar surface area (TPSA) is 191 Å². The van der Waals surface area contributed by atoms with Crippen LogP contribution < -0.4 is 20.7 Å². The summed E-state index contributed by atoms with van der Waals surface area (Å²) in [7, 11) is 0. The normalized spacial score (nSPS) is 20.8. The summed E-state index contributed by atoms with van der Waals surface area (Å²) in [5.74, 6) is -2.22. The first-order valence-corrected chi connectivity index (χ1v) is 24.6. The molecular formula is C52H61N7O8S. The zero-order chi connectivity index (χ0) is 48.2. The predicted octanol–water partition coefficient (Wildman–Crippen LogP) is 5.52. The van der Waals surface area contributed by atoms with Gasteiger partial charge in [-0.25, -0.2) is 4.98 Å². The van der Waals surface area contributed by atoms with E-state index in [-0.39, 0.29) is 75.1 Å². The van der Waals surface area contributed by atoms with Gasteiger partial charge < -0.3 is 40.5 Å². The predicted molar refractivity (Wildman–Crippen MR) is 258 cm³/mol. The van der Waals surface area contributed by atoms with E-state index in [1.165, 1.54) is 32.8 Å². The molecule has 8 rings (SSSR count). The number of rotatable bonds is 16. The Kier molecular flexibility index (Phi) is 14.7. The molecule has 3 aromatic carbocycles. The van der Waals surface area contributed by atoms with E-state index in [0.29, 0.717) is 23.3 Å². The molecule has 1 aromatic heterocycles. The maximum absolute atomic E-state index is 14.5. The summed E-state index contributed by atoms with van der Waals surface area (Å²) in [6, 6.07) is 17.6. The number of aromatic nitrogens is 1. The minimum atomic E-state index is -0.915. The SMILES string of the molecule is CC[C@H](NC(C)=O)C(=O)N1C[C@H](Oc2ccc3c(c2)C(=O)N([C@H](C(=O)N2C[C@H](O)C[C@H]2C(=O)NCc2ccc(C4=CCCC4)cc2)C(C)C)C3)C[C@H]1C(=O)NCc1ccc(-c2scnc2C)cc1. The van der Waals surface area contributed by atoms with Gasteiger partial charge in [0, 0.05) is 51.5 Å². The Morgan fingerprint density at radius 2 is 1.51 bits per heavy atom. The minimum Gasteiger partial charge on any atom is -0.488 e. The number of amides is 6. The molecule has 3 aliphatic heterocycles. The Hall–Kier alpha value is -6.39. The summed E-state index contributed by atoms with van der Waals surface area (Å²) in [5.41, 5.74) is 9.18. The van der Waals surface area contributed by atoms with Crippen LogP contribution in [0.3, 0.4) is 0 Å². The lowest BCUT2D eigenvalue weighted by Gasteiger charge is -2.35. The van der Waals surface area contributed by atoms with E-state index < -0.39 is 48.2 Å². The van der Waals surface area contributed by atoms with Crippen LogP contribution in [-0.2, 0) is 43.6 Å². The van der Waals surface area contributed by atoms with Crippen molar-refractivity contribution in [2.24, 2.45) is 5.92 Å². The quantitative estimate of drug-likeness (QED) is 0.112. The van der Waals surface area contributed by atoms with Gasteiger partial charge in [-0.3, -0.25) is 28.8 Å². The first-order chi connectivity index (χ1) is 32.7. The van der Waals surface area contributed by atoms with Crippen molar-refractivity contribution in [3.8, 4) is 16.2 Å². The maximum atomic E-state index is 14.5. The number of β-amino-alcohol motifs (C(OH)–C–C–N with tert-alkyl or cyclic N) is 1. The molecule has 68 heavy (non-hydrogen) atoms. The van der Waals surface area contributed by atoms with Crippen LogP contribution in [0.15, 0.2) is 78.3 Å². The Morgan fingerprint density at radius 1 is 0.868 bits per heavy atom. The molecular weight excluding hydrogens is 883 g/mol. The average molecular weight is 944 g/mol. The van der Waals surface area contributed by atoms with E-state index in [1.807, 2.05) is 62.7 Å². The number of fused-ring (bicyclic) bond motifs is 1. The number of ether oxygens (including phenoxy) is 1. The van der Waals surface area contributed by atoms with Crippen molar-refractivity contribution in [3.05, 3.63) is 112 Å². The molecule has 4 aliphatic rings. The van der Waals surface area contributed by atoms with Gasteiger partial charge in [-0.05, 0) is 84.0 Å². The zero-order valence-electron chi connectivity index (χ0n) is 39.3. The molecule has 0 radical (unpaired) electrons. The van der Waals surface area contributed by atoms with Crippen molar-refractivity contribution in [2.45, 2.75) is 129 Å². The zero-order valence-corrected chi connectivity index (χ0v) is 40.1. The molecule has 15 nitrogen and oxygen atoms in total. The lowest BCUT2D eigenvalue weighted by atomic mass is 10.00. The Morgan fingerprint density at radius 3 is 2.10 bits per heavy atom. The summed E-state index contributed by atoms with van der Waals surface area (Å²) >= 11 is 1.56. The number of hydrogen-bond acceptors (Lipinski definition) is 10. The second-order valence-corrected chi connectivity index (χ2v) is 19.6. The van der Waals surface area contributed by atoms with Gasteiger partial charge in [-0.1, -0.05) is 81.4 Å². The van der Waals surface area contributed by atoms with Crippen LogP contribution in [0, 0.1) is 12.8 Å². The van der Waals surface area contributed by atoms with Crippen LogP contribution in [0.5, 0.6) is 5.75 Å². The summed E-state index contributed by atoms with van der Waals surface area (Å²) in [5, 5.41) is 19.4. The van der Waals surface area contributed by atoms with Gasteiger partial charge in [-0.2, -0.15) is 0 Å². The monoisotopic (exact) mass is 943 g/mol. The molecule has 0 saturated carbocycles. The van der Waals surface area contributed by atoms with E-state index >= 15 is 0 Å². The van der Waals surface area contributed by atoms with Crippen molar-refractivity contribution < 1.29 is 38.6 Å². The van der Waals surface area contributed by atoms with Gasteiger partial charge in [0.25, 0.3) is 5.91 Å². The maximum Gasteiger partial charge on any atom is 0.255 e. The second kappa shape index (κ2) is 20.9. The fourth-order valence-corrected chi connectivity index (χ4v) is 10.8. The van der Waals surface area contributed by atoms with Crippen LogP contribution >= 0.6 is 11.3 Å². The van der Waals surface area contributed by atoms with Crippen LogP contribution in [0.25, 0.3) is 16.0 Å². The highest BCUT2D eigenvalue weighted by molar-refractivity contribution is 7.13. The van der Waals surface area contributed by atoms with Crippen LogP contribution in [0.1, 0.15) is 105 Å². The molecule has 16 heteroatoms. The van der Waals surface area contributed by atoms with E-state index in [2.05, 4.69) is 39.1 Å². The number of aliphatic hydroxyl groups is 1. The molecule has 4 aromatic rings. The van der Waals surface area contributed by atoms with Gasteiger partial charge in [-0.15, -0.1) is 11.3 Å². The molecule has 4 heterocycles. The third-order valence-electron chi connectivity index (χ3n) is 13.5. The van der Waals surface area contributed by atoms with Gasteiger partial charge in [0.15, 0.2) is 0 Å². The molecule has 6 amide bonds. The van der Waals surface area contributed by atoms with Gasteiger partial charge >= 0.3 is 0 Å². The smallest absolute Gasteiger partial charge is 0.255 e. The van der Waals surface area contributed by atoms with Crippen molar-refractivity contribution in [3.63, 3.8) is 0 Å². The Balaban J connectivity index is 0.923. The Labute approximate surface area is 401 Å². The van der Waals surface area contributed by atoms with Gasteiger partial charge in [0.2, 0.25) is 29.5 Å². The molecule has 0 bridgehead atoms. The molecule has 6 atom stereocenters. The largest absolute Gasteiger partial charge is 0.488 e. The van der Waals surface area contributed by atoms with E-state index in [9.17, 15) is 33.9 Å². The molecule has 2 fully saturated rings. The number of benzene rings is 3. The third-order valence-corrected chi connectivity index (χ3v) is 14.5. The first-order valence-electron chi connectivity index (χ1n) is 23.7. The van der Waals surface area contributed by atoms with Gasteiger partial charge in [0.05, 0.1) is 28.7 Å². The summed E-state index contributed by atoms with van der Waals surface area (Å²) in [6.07, 6.45) is 4.64. The molecule has 0 unspecified atom stereocenters. The van der Waals surface area contributed by atoms with Crippen molar-refractivity contribution in [2.75, 3.05) is 13.1 Å². The van der Waals surface area contributed by atoms with E-state index in [4.69, 9.17) is 4.74 Å². The molecule has 4 N–H and O–H groups in total. The molecule has 1 aliphatic carbocycles. The number of aryl methyl sites for hydroxylation is 1. The van der Waals surface area contributed by atoms with Crippen molar-refractivity contribution >= 4 is 52.4 Å². The fraction of sp³-hybridized carbons (Fsp3) is 0.442. The van der Waals surface area contributed by atoms with Crippen molar-refractivity contribution in [1.29, 1.82) is 0 Å². The summed E-state index contributed by atoms with van der Waals surface area (Å²) in [6.45, 7) is 9.51. The number of hydrogen-bond donors (Lipinski definition) is 4. The second-order valence-electron chi connectivity index (χ2n) is 18.7. The highest BCUT2D eigenvalue weighted by atomic mass is 32.1. The summed E-state index contributed by atoms with van der Waals surface area (Å²) in [4.78, 5) is 92.2. The lowest BCUT2D eigenvalue weighted by Crippen LogP contribution is -2.55. The minimum absolute atomic E-state index is 0.0262. The van der Waals surface area contributed by atoms with Crippen LogP contribution in [0.4, 0.5) is 0 Å². The number of allylic oxidation sites excluding steroid dienone is 2. The third kappa shape index (κ3) is 10.5. The number of likely N-dealkylation sites (tertiary alicyclic amines) is 2. The number of nitrogens with zero attached hydrogens (tertiary/aromatic N) is 4. The first kappa shape index (κ1) is 48.1. The highest BCUT2D eigenvalue weighted by Crippen LogP contribution is 2.34. The number of aliphatic hydroxyl groups excluding tert-OH is 1. The Bertz CT molecular complexity index is 2580. The molecule has 0 spiro atoms. The standard InChI is InChI=1S/C52H61N7O8S/c1-6-43(56-32(5)60)51(65)58-28-41(23-45(58)49(63)54-25-34-13-17-37(18-14-34)47-31(4)55-29-68-47)67-40-20-19-38-26-59(50(64)42(38)22-40)46(30(2)3)52(66)57-27-39(61)21-44(57)48(62)53-24-33-11-15-36(16-12-33)35-9-7-8-10-35/h9,11-20,22,29-30,39,41,43-46,61H,6-8,10,21,23-28H2,1-5H3,(H,53,62)(H,54,63)(H,56,60)/t39-,41-,43+,44+,45+,46+/m1/s1. The highest BCUT2D eigenvalue weighted by Gasteiger charge is 2.47. The molecule has 2 saturated heterocycles. The van der Waals surface area contributed by atoms with Crippen molar-refractivity contribution in [1.82, 2.24) is 35.6 Å². The lowest BCUT2D eigenvalue weighted by molar-refractivity contribution is -0.143.